The van der Waals surface area contributed by atoms with Gasteiger partial charge in [0.2, 0.25) is 0 Å². The molecule has 0 amide bonds. The predicted molar refractivity (Wildman–Crippen MR) is 73.7 cm³/mol. The second kappa shape index (κ2) is 8.11. The van der Waals surface area contributed by atoms with Crippen LogP contribution in [0.2, 0.25) is 5.02 Å². The lowest BCUT2D eigenvalue weighted by Crippen LogP contribution is -2.27. The maximum Gasteiger partial charge on any atom is 0.319 e. The fourth-order valence-electron chi connectivity index (χ4n) is 1.51. The van der Waals surface area contributed by atoms with Crippen molar-refractivity contribution in [2.75, 3.05) is 13.2 Å². The van der Waals surface area contributed by atoms with E-state index in [2.05, 4.69) is 12.2 Å². The summed E-state index contributed by atoms with van der Waals surface area (Å²) in [6.45, 7) is 4.78. The molecule has 3 nitrogen and oxygen atoms in total. The summed E-state index contributed by atoms with van der Waals surface area (Å²) in [4.78, 5) is 11.4. The van der Waals surface area contributed by atoms with Gasteiger partial charge in [-0.15, -0.1) is 0 Å². The van der Waals surface area contributed by atoms with Gasteiger partial charge in [-0.3, -0.25) is 4.79 Å². The zero-order valence-corrected chi connectivity index (χ0v) is 11.7. The molecule has 0 unspecified atom stereocenters. The van der Waals surface area contributed by atoms with Crippen LogP contribution in [0, 0.1) is 0 Å². The quantitative estimate of drug-likeness (QED) is 0.609. The first kappa shape index (κ1) is 15.0. The Hall–Kier alpha value is -1.06. The second-order valence-electron chi connectivity index (χ2n) is 4.23. The zero-order chi connectivity index (χ0) is 13.4. The molecule has 0 spiro atoms. The number of halogens is 1. The highest BCUT2D eigenvalue weighted by Gasteiger charge is 2.08. The lowest BCUT2D eigenvalue weighted by Gasteiger charge is -2.14. The van der Waals surface area contributed by atoms with E-state index in [1.54, 1.807) is 0 Å². The Morgan fingerprint density at radius 1 is 1.50 bits per heavy atom. The highest BCUT2D eigenvalue weighted by atomic mass is 35.5. The van der Waals surface area contributed by atoms with Crippen molar-refractivity contribution in [3.63, 3.8) is 0 Å². The minimum atomic E-state index is -0.211. The molecule has 0 heterocycles. The zero-order valence-electron chi connectivity index (χ0n) is 10.9. The number of rotatable bonds is 7. The summed E-state index contributed by atoms with van der Waals surface area (Å²) in [6.07, 6.45) is 1.94. The maximum absolute atomic E-state index is 11.4. The number of hydrogen-bond acceptors (Lipinski definition) is 3. The molecule has 1 aromatic rings. The van der Waals surface area contributed by atoms with Gasteiger partial charge in [-0.05, 0) is 31.0 Å². The third-order valence-electron chi connectivity index (χ3n) is 2.66. The second-order valence-corrected chi connectivity index (χ2v) is 4.67. The van der Waals surface area contributed by atoms with E-state index >= 15 is 0 Å². The molecule has 0 radical (unpaired) electrons. The van der Waals surface area contributed by atoms with Crippen molar-refractivity contribution in [3.8, 4) is 0 Å². The molecule has 0 saturated carbocycles. The molecule has 18 heavy (non-hydrogen) atoms. The van der Waals surface area contributed by atoms with Gasteiger partial charge in [0.25, 0.3) is 0 Å². The highest BCUT2D eigenvalue weighted by Crippen LogP contribution is 2.16. The molecule has 1 atom stereocenters. The first-order chi connectivity index (χ1) is 8.63. The number of unbranched alkanes of at least 4 members (excludes halogenated alkanes) is 1. The molecule has 0 saturated heterocycles. The van der Waals surface area contributed by atoms with Crippen molar-refractivity contribution in [1.82, 2.24) is 5.32 Å². The van der Waals surface area contributed by atoms with Crippen LogP contribution in [-0.2, 0) is 9.53 Å². The minimum Gasteiger partial charge on any atom is -0.465 e. The topological polar surface area (TPSA) is 38.3 Å². The predicted octanol–water partition coefficient (Wildman–Crippen LogP) is 3.33. The van der Waals surface area contributed by atoms with Crippen molar-refractivity contribution < 1.29 is 9.53 Å². The molecule has 0 bridgehead atoms. The van der Waals surface area contributed by atoms with Gasteiger partial charge in [0.15, 0.2) is 0 Å². The third-order valence-corrected chi connectivity index (χ3v) is 2.90. The fourth-order valence-corrected chi connectivity index (χ4v) is 1.71. The maximum atomic E-state index is 11.4. The van der Waals surface area contributed by atoms with E-state index < -0.39 is 0 Å². The Morgan fingerprint density at radius 2 is 2.28 bits per heavy atom. The number of carbonyl (C=O) groups is 1. The molecular weight excluding hydrogens is 250 g/mol. The number of esters is 1. The first-order valence-electron chi connectivity index (χ1n) is 6.28. The van der Waals surface area contributed by atoms with Gasteiger partial charge in [0.05, 0.1) is 13.2 Å². The van der Waals surface area contributed by atoms with E-state index in [9.17, 15) is 4.79 Å². The average molecular weight is 270 g/mol. The van der Waals surface area contributed by atoms with Crippen LogP contribution < -0.4 is 5.32 Å². The summed E-state index contributed by atoms with van der Waals surface area (Å²) in [7, 11) is 0. The molecule has 0 aliphatic rings. The van der Waals surface area contributed by atoms with E-state index in [-0.39, 0.29) is 18.6 Å². The van der Waals surface area contributed by atoms with Crippen molar-refractivity contribution in [2.45, 2.75) is 32.7 Å². The van der Waals surface area contributed by atoms with Crippen LogP contribution in [-0.4, -0.2) is 19.1 Å². The van der Waals surface area contributed by atoms with Crippen molar-refractivity contribution >= 4 is 17.6 Å². The van der Waals surface area contributed by atoms with Gasteiger partial charge < -0.3 is 10.1 Å². The number of hydrogen-bond donors (Lipinski definition) is 1. The van der Waals surface area contributed by atoms with E-state index in [1.807, 2.05) is 31.2 Å². The van der Waals surface area contributed by atoms with Crippen LogP contribution in [0.4, 0.5) is 0 Å². The van der Waals surface area contributed by atoms with Gasteiger partial charge in [-0.2, -0.15) is 0 Å². The lowest BCUT2D eigenvalue weighted by atomic mass is 10.1. The van der Waals surface area contributed by atoms with E-state index in [0.717, 1.165) is 18.4 Å². The van der Waals surface area contributed by atoms with Crippen LogP contribution in [0.3, 0.4) is 0 Å². The monoisotopic (exact) mass is 269 g/mol. The molecule has 1 N–H and O–H groups in total. The van der Waals surface area contributed by atoms with Crippen molar-refractivity contribution in [3.05, 3.63) is 34.9 Å². The standard InChI is InChI=1S/C14H20ClNO2/c1-3-4-8-18-14(17)10-16-11(2)12-6-5-7-13(15)9-12/h5-7,9,11,16H,3-4,8,10H2,1-2H3/t11-/m1/s1. The van der Waals surface area contributed by atoms with E-state index in [1.165, 1.54) is 0 Å². The van der Waals surface area contributed by atoms with Crippen LogP contribution in [0.15, 0.2) is 24.3 Å². The van der Waals surface area contributed by atoms with Gasteiger partial charge in [0.1, 0.15) is 0 Å². The van der Waals surface area contributed by atoms with Gasteiger partial charge in [-0.1, -0.05) is 37.1 Å². The van der Waals surface area contributed by atoms with Crippen LogP contribution in [0.25, 0.3) is 0 Å². The molecule has 0 aliphatic carbocycles. The van der Waals surface area contributed by atoms with Gasteiger partial charge >= 0.3 is 5.97 Å². The average Bonchev–Trinajstić information content (AvgIpc) is 2.36. The molecule has 4 heteroatoms. The Kier molecular flexibility index (Phi) is 6.76. The SMILES string of the molecule is CCCCOC(=O)CN[C@H](C)c1cccc(Cl)c1. The lowest BCUT2D eigenvalue weighted by molar-refractivity contribution is -0.142. The minimum absolute atomic E-state index is 0.0717. The Balaban J connectivity index is 2.32. The molecule has 100 valence electrons. The number of benzene rings is 1. The summed E-state index contributed by atoms with van der Waals surface area (Å²) < 4.78 is 5.06. The van der Waals surface area contributed by atoms with Gasteiger partial charge in [0, 0.05) is 11.1 Å². The summed E-state index contributed by atoms with van der Waals surface area (Å²) in [5.74, 6) is -0.211. The third kappa shape index (κ3) is 5.52. The fraction of sp³-hybridized carbons (Fsp3) is 0.500. The van der Waals surface area contributed by atoms with Crippen molar-refractivity contribution in [2.24, 2.45) is 0 Å². The van der Waals surface area contributed by atoms with Crippen LogP contribution in [0.5, 0.6) is 0 Å². The molecule has 1 rings (SSSR count). The summed E-state index contributed by atoms with van der Waals surface area (Å²) >= 11 is 5.92. The van der Waals surface area contributed by atoms with Crippen LogP contribution in [0.1, 0.15) is 38.3 Å². The summed E-state index contributed by atoms with van der Waals surface area (Å²) in [5.41, 5.74) is 1.06. The first-order valence-corrected chi connectivity index (χ1v) is 6.65. The summed E-state index contributed by atoms with van der Waals surface area (Å²) in [5, 5.41) is 3.82. The molecular formula is C14H20ClNO2. The largest absolute Gasteiger partial charge is 0.465 e. The smallest absolute Gasteiger partial charge is 0.319 e. The van der Waals surface area contributed by atoms with Crippen LogP contribution >= 0.6 is 11.6 Å². The Bertz CT molecular complexity index is 382. The molecule has 0 fully saturated rings. The Morgan fingerprint density at radius 3 is 2.94 bits per heavy atom. The summed E-state index contributed by atoms with van der Waals surface area (Å²) in [6, 6.07) is 7.67. The highest BCUT2D eigenvalue weighted by molar-refractivity contribution is 6.30. The number of nitrogens with one attached hydrogen (secondary N) is 1. The van der Waals surface area contributed by atoms with Crippen molar-refractivity contribution in [1.29, 1.82) is 0 Å². The van der Waals surface area contributed by atoms with E-state index in [0.29, 0.717) is 11.6 Å². The Labute approximate surface area is 113 Å². The molecule has 0 aromatic heterocycles. The van der Waals surface area contributed by atoms with Gasteiger partial charge in [-0.25, -0.2) is 0 Å². The normalized spacial score (nSPS) is 12.2. The van der Waals surface area contributed by atoms with E-state index in [4.69, 9.17) is 16.3 Å². The number of carbonyl (C=O) groups excluding carboxylic acids is 1. The molecule has 1 aromatic carbocycles. The molecule has 0 aliphatic heterocycles. The number of ether oxygens (including phenoxy) is 1.